The van der Waals surface area contributed by atoms with Crippen LogP contribution in [0.3, 0.4) is 0 Å². The number of halogens is 1. The molecule has 1 saturated heterocycles. The van der Waals surface area contributed by atoms with Crippen LogP contribution in [0.5, 0.6) is 5.75 Å². The van der Waals surface area contributed by atoms with Crippen LogP contribution < -0.4 is 15.8 Å². The summed E-state index contributed by atoms with van der Waals surface area (Å²) in [6.45, 7) is 2.60. The first kappa shape index (κ1) is 21.2. The fourth-order valence-corrected chi connectivity index (χ4v) is 2.90. The molecule has 2 atom stereocenters. The third-order valence-electron chi connectivity index (χ3n) is 4.11. The number of methoxy groups -OCH3 is 2. The summed E-state index contributed by atoms with van der Waals surface area (Å²) in [5.41, 5.74) is 7.43. The second-order valence-corrected chi connectivity index (χ2v) is 5.94. The van der Waals surface area contributed by atoms with Gasteiger partial charge in [-0.2, -0.15) is 0 Å². The van der Waals surface area contributed by atoms with Crippen LogP contribution in [0.1, 0.15) is 18.4 Å². The number of nitrogens with two attached hydrogens (primary N) is 1. The predicted octanol–water partition coefficient (Wildman–Crippen LogP) is 1.33. The highest BCUT2D eigenvalue weighted by molar-refractivity contribution is 5.99. The molecule has 0 aliphatic carbocycles. The van der Waals surface area contributed by atoms with E-state index in [1.807, 2.05) is 19.1 Å². The number of carbonyl (C=O) groups excluding carboxylic acids is 2. The summed E-state index contributed by atoms with van der Waals surface area (Å²) < 4.78 is 10.2. The van der Waals surface area contributed by atoms with Crippen LogP contribution in [0.25, 0.3) is 0 Å². The van der Waals surface area contributed by atoms with Crippen molar-refractivity contribution in [3.05, 3.63) is 23.8 Å². The van der Waals surface area contributed by atoms with Gasteiger partial charge in [0.25, 0.3) is 0 Å². The van der Waals surface area contributed by atoms with Crippen molar-refractivity contribution >= 4 is 29.9 Å². The van der Waals surface area contributed by atoms with Crippen LogP contribution >= 0.6 is 12.4 Å². The van der Waals surface area contributed by atoms with Crippen molar-refractivity contribution in [1.82, 2.24) is 4.90 Å². The van der Waals surface area contributed by atoms with Crippen molar-refractivity contribution in [3.8, 4) is 5.75 Å². The van der Waals surface area contributed by atoms with Crippen molar-refractivity contribution in [2.75, 3.05) is 32.7 Å². The van der Waals surface area contributed by atoms with Crippen LogP contribution in [0.4, 0.5) is 5.69 Å². The van der Waals surface area contributed by atoms with Gasteiger partial charge in [-0.1, -0.05) is 6.07 Å². The maximum absolute atomic E-state index is 12.7. The van der Waals surface area contributed by atoms with E-state index in [0.717, 1.165) is 12.0 Å². The summed E-state index contributed by atoms with van der Waals surface area (Å²) in [7, 11) is 3.04. The normalized spacial score (nSPS) is 17.6. The fourth-order valence-electron chi connectivity index (χ4n) is 2.90. The summed E-state index contributed by atoms with van der Waals surface area (Å²) in [6, 6.07) is 4.28. The van der Waals surface area contributed by atoms with Crippen LogP contribution in [0, 0.1) is 6.92 Å². The van der Waals surface area contributed by atoms with Gasteiger partial charge >= 0.3 is 0 Å². The number of rotatable bonds is 6. The molecule has 0 radical (unpaired) electrons. The van der Waals surface area contributed by atoms with Crippen molar-refractivity contribution in [2.45, 2.75) is 31.8 Å². The minimum atomic E-state index is -0.753. The molecule has 1 aliphatic rings. The van der Waals surface area contributed by atoms with E-state index >= 15 is 0 Å². The lowest BCUT2D eigenvalue weighted by molar-refractivity contribution is -0.138. The number of anilines is 1. The van der Waals surface area contributed by atoms with E-state index in [4.69, 9.17) is 15.2 Å². The van der Waals surface area contributed by atoms with Gasteiger partial charge in [0.2, 0.25) is 11.8 Å². The van der Waals surface area contributed by atoms with Crippen molar-refractivity contribution in [3.63, 3.8) is 0 Å². The molecule has 140 valence electrons. The molecule has 1 fully saturated rings. The molecule has 0 spiro atoms. The van der Waals surface area contributed by atoms with E-state index in [1.54, 1.807) is 18.1 Å². The zero-order chi connectivity index (χ0) is 17.7. The highest BCUT2D eigenvalue weighted by atomic mass is 35.5. The highest BCUT2D eigenvalue weighted by Crippen LogP contribution is 2.27. The van der Waals surface area contributed by atoms with E-state index in [9.17, 15) is 9.59 Å². The van der Waals surface area contributed by atoms with E-state index in [2.05, 4.69) is 5.32 Å². The zero-order valence-electron chi connectivity index (χ0n) is 14.8. The molecule has 2 unspecified atom stereocenters. The van der Waals surface area contributed by atoms with Crippen LogP contribution in [0.2, 0.25) is 0 Å². The Balaban J connectivity index is 0.00000312. The number of nitrogens with zero attached hydrogens (tertiary/aromatic N) is 1. The Hall–Kier alpha value is -1.83. The first-order valence-electron chi connectivity index (χ1n) is 7.98. The minimum absolute atomic E-state index is 0. The molecule has 3 N–H and O–H groups in total. The van der Waals surface area contributed by atoms with Gasteiger partial charge in [-0.05, 0) is 37.5 Å². The van der Waals surface area contributed by atoms with Gasteiger partial charge in [-0.15, -0.1) is 12.4 Å². The Morgan fingerprint density at radius 3 is 2.76 bits per heavy atom. The average Bonchev–Trinajstić information content (AvgIpc) is 3.04. The number of benzene rings is 1. The van der Waals surface area contributed by atoms with Crippen molar-refractivity contribution in [2.24, 2.45) is 5.73 Å². The molecule has 2 amide bonds. The quantitative estimate of drug-likeness (QED) is 0.786. The van der Waals surface area contributed by atoms with Gasteiger partial charge in [0, 0.05) is 13.7 Å². The average molecular weight is 372 g/mol. The molecular weight excluding hydrogens is 346 g/mol. The second-order valence-electron chi connectivity index (χ2n) is 5.94. The highest BCUT2D eigenvalue weighted by Gasteiger charge is 2.36. The second kappa shape index (κ2) is 9.60. The SMILES string of the molecule is COCC(N)C(=O)N1CCCC1C(=O)Nc1cc(C)ccc1OC.Cl. The maximum atomic E-state index is 12.7. The number of likely N-dealkylation sites (tertiary alicyclic amines) is 1. The molecule has 8 heteroatoms. The first-order valence-corrected chi connectivity index (χ1v) is 7.98. The van der Waals surface area contributed by atoms with Crippen molar-refractivity contribution < 1.29 is 19.1 Å². The molecule has 1 aliphatic heterocycles. The van der Waals surface area contributed by atoms with E-state index in [0.29, 0.717) is 24.4 Å². The summed E-state index contributed by atoms with van der Waals surface area (Å²) in [6.07, 6.45) is 1.39. The lowest BCUT2D eigenvalue weighted by Gasteiger charge is -2.26. The number of ether oxygens (including phenoxy) is 2. The van der Waals surface area contributed by atoms with Crippen molar-refractivity contribution in [1.29, 1.82) is 0 Å². The lowest BCUT2D eigenvalue weighted by atomic mass is 10.1. The maximum Gasteiger partial charge on any atom is 0.247 e. The molecule has 25 heavy (non-hydrogen) atoms. The van der Waals surface area contributed by atoms with Gasteiger partial charge in [0.05, 0.1) is 19.4 Å². The molecule has 0 bridgehead atoms. The Morgan fingerprint density at radius 1 is 1.40 bits per heavy atom. The minimum Gasteiger partial charge on any atom is -0.495 e. The Morgan fingerprint density at radius 2 is 2.12 bits per heavy atom. The smallest absolute Gasteiger partial charge is 0.247 e. The number of carbonyl (C=O) groups is 2. The fraction of sp³-hybridized carbons (Fsp3) is 0.529. The van der Waals surface area contributed by atoms with Gasteiger partial charge in [0.15, 0.2) is 0 Å². The molecule has 7 nitrogen and oxygen atoms in total. The van der Waals surface area contributed by atoms with Crippen LogP contribution in [-0.2, 0) is 14.3 Å². The monoisotopic (exact) mass is 371 g/mol. The molecule has 0 aromatic heterocycles. The number of amides is 2. The van der Waals surface area contributed by atoms with Gasteiger partial charge < -0.3 is 25.4 Å². The summed E-state index contributed by atoms with van der Waals surface area (Å²) >= 11 is 0. The number of hydrogen-bond acceptors (Lipinski definition) is 5. The Labute approximate surface area is 154 Å². The first-order chi connectivity index (χ1) is 11.5. The topological polar surface area (TPSA) is 93.9 Å². The molecule has 0 saturated carbocycles. The Bertz CT molecular complexity index is 612. The number of aryl methyl sites for hydroxylation is 1. The molecule has 2 rings (SSSR count). The van der Waals surface area contributed by atoms with Gasteiger partial charge in [-0.3, -0.25) is 9.59 Å². The van der Waals surface area contributed by atoms with Gasteiger partial charge in [-0.25, -0.2) is 0 Å². The largest absolute Gasteiger partial charge is 0.495 e. The molecule has 1 aromatic carbocycles. The van der Waals surface area contributed by atoms with Crippen LogP contribution in [0.15, 0.2) is 18.2 Å². The number of nitrogens with one attached hydrogen (secondary N) is 1. The third kappa shape index (κ3) is 5.07. The van der Waals surface area contributed by atoms with E-state index < -0.39 is 12.1 Å². The zero-order valence-corrected chi connectivity index (χ0v) is 15.6. The van der Waals surface area contributed by atoms with E-state index in [-0.39, 0.29) is 30.8 Å². The standard InChI is InChI=1S/C17H25N3O4.ClH/c1-11-6-7-15(24-3)13(9-11)19-16(21)14-5-4-8-20(14)17(22)12(18)10-23-2;/h6-7,9,12,14H,4-5,8,10,18H2,1-3H3,(H,19,21);1H. The van der Waals surface area contributed by atoms with E-state index in [1.165, 1.54) is 7.11 Å². The summed E-state index contributed by atoms with van der Waals surface area (Å²) in [5.74, 6) is 0.0981. The molecule has 1 heterocycles. The molecular formula is C17H26ClN3O4. The predicted molar refractivity (Wildman–Crippen MR) is 98.2 cm³/mol. The number of hydrogen-bond donors (Lipinski definition) is 2. The lowest BCUT2D eigenvalue weighted by Crippen LogP contribution is -2.51. The van der Waals surface area contributed by atoms with Crippen LogP contribution in [-0.4, -0.2) is 56.2 Å². The molecule has 1 aromatic rings. The third-order valence-corrected chi connectivity index (χ3v) is 4.11. The van der Waals surface area contributed by atoms with Gasteiger partial charge in [0.1, 0.15) is 17.8 Å². The summed E-state index contributed by atoms with van der Waals surface area (Å²) in [5, 5.41) is 2.87. The summed E-state index contributed by atoms with van der Waals surface area (Å²) in [4.78, 5) is 26.6. The Kier molecular flexibility index (Phi) is 8.15.